The first-order chi connectivity index (χ1) is 10.8. The number of hydrogen-bond acceptors (Lipinski definition) is 4. The van der Waals surface area contributed by atoms with Crippen LogP contribution in [0.5, 0.6) is 0 Å². The molecule has 2 aliphatic rings. The molecule has 0 radical (unpaired) electrons. The Labute approximate surface area is 131 Å². The van der Waals surface area contributed by atoms with E-state index in [0.717, 1.165) is 24.3 Å². The maximum atomic E-state index is 4.92. The van der Waals surface area contributed by atoms with E-state index in [2.05, 4.69) is 32.9 Å². The summed E-state index contributed by atoms with van der Waals surface area (Å²) in [5.41, 5.74) is 2.09. The Morgan fingerprint density at radius 1 is 1.32 bits per heavy atom. The van der Waals surface area contributed by atoms with Crippen LogP contribution in [-0.4, -0.2) is 46.1 Å². The molecule has 1 N–H and O–H groups in total. The first kappa shape index (κ1) is 14.2. The number of nitrogens with one attached hydrogen (secondary N) is 1. The molecule has 4 rings (SSSR count). The summed E-state index contributed by atoms with van der Waals surface area (Å²) in [7, 11) is 2.22. The Morgan fingerprint density at radius 3 is 3.05 bits per heavy atom. The molecular weight excluding hydrogens is 274 g/mol. The molecule has 0 aliphatic carbocycles. The second kappa shape index (κ2) is 5.97. The summed E-state index contributed by atoms with van der Waals surface area (Å²) in [6, 6.07) is 4.47. The Balaban J connectivity index is 1.69. The minimum absolute atomic E-state index is 0.391. The van der Waals surface area contributed by atoms with Crippen molar-refractivity contribution in [2.75, 3.05) is 26.7 Å². The van der Waals surface area contributed by atoms with Gasteiger partial charge in [0.15, 0.2) is 5.65 Å². The highest BCUT2D eigenvalue weighted by atomic mass is 15.2. The van der Waals surface area contributed by atoms with E-state index in [4.69, 9.17) is 4.98 Å². The van der Waals surface area contributed by atoms with Gasteiger partial charge in [-0.2, -0.15) is 0 Å². The lowest BCUT2D eigenvalue weighted by Gasteiger charge is -2.24. The molecule has 2 saturated heterocycles. The van der Waals surface area contributed by atoms with Gasteiger partial charge in [-0.05, 0) is 57.5 Å². The summed E-state index contributed by atoms with van der Waals surface area (Å²) in [6.07, 6.45) is 6.93. The third kappa shape index (κ3) is 2.63. The normalized spacial score (nSPS) is 26.8. The van der Waals surface area contributed by atoms with Crippen molar-refractivity contribution in [3.63, 3.8) is 0 Å². The number of hydrogen-bond donors (Lipinski definition) is 1. The van der Waals surface area contributed by atoms with Crippen LogP contribution in [-0.2, 0) is 6.54 Å². The molecule has 22 heavy (non-hydrogen) atoms. The lowest BCUT2D eigenvalue weighted by atomic mass is 10.0. The van der Waals surface area contributed by atoms with Crippen molar-refractivity contribution < 1.29 is 0 Å². The molecule has 2 fully saturated rings. The molecule has 2 aliphatic heterocycles. The quantitative estimate of drug-likeness (QED) is 0.944. The van der Waals surface area contributed by atoms with Gasteiger partial charge in [0.2, 0.25) is 0 Å². The Hall–Kier alpha value is -1.46. The summed E-state index contributed by atoms with van der Waals surface area (Å²) >= 11 is 0. The van der Waals surface area contributed by atoms with E-state index in [1.54, 1.807) is 0 Å². The predicted molar refractivity (Wildman–Crippen MR) is 87.7 cm³/mol. The van der Waals surface area contributed by atoms with Gasteiger partial charge < -0.3 is 14.8 Å². The lowest BCUT2D eigenvalue weighted by molar-refractivity contribution is 0.357. The highest BCUT2D eigenvalue weighted by Gasteiger charge is 2.26. The van der Waals surface area contributed by atoms with Gasteiger partial charge in [0.1, 0.15) is 11.3 Å². The third-order valence-electron chi connectivity index (χ3n) is 5.08. The maximum absolute atomic E-state index is 4.92. The van der Waals surface area contributed by atoms with Crippen LogP contribution in [0.4, 0.5) is 0 Å². The highest BCUT2D eigenvalue weighted by molar-refractivity contribution is 5.71. The van der Waals surface area contributed by atoms with Gasteiger partial charge in [-0.15, -0.1) is 0 Å². The predicted octanol–water partition coefficient (Wildman–Crippen LogP) is 2.20. The smallest absolute Gasteiger partial charge is 0.160 e. The van der Waals surface area contributed by atoms with Crippen LogP contribution in [0.15, 0.2) is 18.3 Å². The van der Waals surface area contributed by atoms with Crippen molar-refractivity contribution in [1.29, 1.82) is 0 Å². The number of rotatable bonds is 3. The fraction of sp³-hybridized carbons (Fsp3) is 0.647. The summed E-state index contributed by atoms with van der Waals surface area (Å²) in [6.45, 7) is 4.55. The van der Waals surface area contributed by atoms with Crippen molar-refractivity contribution in [2.24, 2.45) is 5.92 Å². The Kier molecular flexibility index (Phi) is 3.84. The van der Waals surface area contributed by atoms with Crippen LogP contribution in [0.3, 0.4) is 0 Å². The van der Waals surface area contributed by atoms with Crippen LogP contribution >= 0.6 is 0 Å². The third-order valence-corrected chi connectivity index (χ3v) is 5.08. The average Bonchev–Trinajstić information content (AvgIpc) is 3.13. The van der Waals surface area contributed by atoms with Crippen LogP contribution in [0.25, 0.3) is 11.2 Å². The van der Waals surface area contributed by atoms with Gasteiger partial charge in [0.05, 0.1) is 6.04 Å². The van der Waals surface area contributed by atoms with Crippen molar-refractivity contribution in [2.45, 2.75) is 38.3 Å². The first-order valence-electron chi connectivity index (χ1n) is 8.54. The van der Waals surface area contributed by atoms with Gasteiger partial charge in [-0.3, -0.25) is 0 Å². The molecule has 0 bridgehead atoms. The van der Waals surface area contributed by atoms with Gasteiger partial charge in [-0.1, -0.05) is 6.42 Å². The van der Waals surface area contributed by atoms with Crippen LogP contribution < -0.4 is 5.32 Å². The van der Waals surface area contributed by atoms with Crippen LogP contribution in [0.2, 0.25) is 0 Å². The van der Waals surface area contributed by atoms with E-state index in [9.17, 15) is 0 Å². The standard InChI is InChI=1S/C17H25N5/c1-21-10-7-13(11-21)12-22-16-15(6-4-9-19-16)20-17(22)14-5-2-3-8-18-14/h4,6,9,13-14,18H,2-3,5,7-8,10-12H2,1H3. The monoisotopic (exact) mass is 299 g/mol. The second-order valence-electron chi connectivity index (χ2n) is 6.85. The summed E-state index contributed by atoms with van der Waals surface area (Å²) in [5.74, 6) is 1.91. The lowest BCUT2D eigenvalue weighted by Crippen LogP contribution is -2.30. The maximum Gasteiger partial charge on any atom is 0.160 e. The molecule has 4 heterocycles. The van der Waals surface area contributed by atoms with Crippen molar-refractivity contribution in [3.05, 3.63) is 24.2 Å². The molecule has 2 aromatic rings. The minimum Gasteiger partial charge on any atom is -0.311 e. The van der Waals surface area contributed by atoms with Gasteiger partial charge in [0.25, 0.3) is 0 Å². The molecule has 0 amide bonds. The zero-order chi connectivity index (χ0) is 14.9. The topological polar surface area (TPSA) is 46.0 Å². The molecule has 2 aromatic heterocycles. The Bertz CT molecular complexity index is 644. The molecule has 2 atom stereocenters. The number of fused-ring (bicyclic) bond motifs is 1. The van der Waals surface area contributed by atoms with E-state index in [1.807, 2.05) is 12.3 Å². The minimum atomic E-state index is 0.391. The molecule has 0 spiro atoms. The van der Waals surface area contributed by atoms with Crippen LogP contribution in [0, 0.1) is 5.92 Å². The van der Waals surface area contributed by atoms with Crippen molar-refractivity contribution in [1.82, 2.24) is 24.8 Å². The van der Waals surface area contributed by atoms with E-state index in [-0.39, 0.29) is 0 Å². The zero-order valence-electron chi connectivity index (χ0n) is 13.3. The molecule has 5 heteroatoms. The SMILES string of the molecule is CN1CCC(Cn2c(C3CCCCN3)nc3cccnc32)C1. The van der Waals surface area contributed by atoms with Gasteiger partial charge in [-0.25, -0.2) is 9.97 Å². The largest absolute Gasteiger partial charge is 0.311 e. The molecule has 0 aromatic carbocycles. The van der Waals surface area contributed by atoms with Crippen molar-refractivity contribution >= 4 is 11.2 Å². The number of piperidine rings is 1. The number of nitrogens with zero attached hydrogens (tertiary/aromatic N) is 4. The summed E-state index contributed by atoms with van der Waals surface area (Å²) in [5, 5.41) is 3.65. The first-order valence-corrected chi connectivity index (χ1v) is 8.54. The van der Waals surface area contributed by atoms with E-state index >= 15 is 0 Å². The van der Waals surface area contributed by atoms with Crippen LogP contribution in [0.1, 0.15) is 37.5 Å². The molecule has 118 valence electrons. The van der Waals surface area contributed by atoms with E-state index in [1.165, 1.54) is 44.6 Å². The zero-order valence-corrected chi connectivity index (χ0v) is 13.3. The van der Waals surface area contributed by atoms with Crippen molar-refractivity contribution in [3.8, 4) is 0 Å². The fourth-order valence-corrected chi connectivity index (χ4v) is 3.93. The van der Waals surface area contributed by atoms with Gasteiger partial charge >= 0.3 is 0 Å². The Morgan fingerprint density at radius 2 is 2.27 bits per heavy atom. The van der Waals surface area contributed by atoms with E-state index < -0.39 is 0 Å². The number of imidazole rings is 1. The van der Waals surface area contributed by atoms with Gasteiger partial charge in [0, 0.05) is 19.3 Å². The number of likely N-dealkylation sites (tertiary alicyclic amines) is 1. The number of aromatic nitrogens is 3. The number of pyridine rings is 1. The average molecular weight is 299 g/mol. The molecule has 2 unspecified atom stereocenters. The van der Waals surface area contributed by atoms with E-state index in [0.29, 0.717) is 12.0 Å². The summed E-state index contributed by atoms with van der Waals surface area (Å²) < 4.78 is 2.39. The molecular formula is C17H25N5. The highest BCUT2D eigenvalue weighted by Crippen LogP contribution is 2.27. The fourth-order valence-electron chi connectivity index (χ4n) is 3.93. The second-order valence-corrected chi connectivity index (χ2v) is 6.85. The molecule has 0 saturated carbocycles. The summed E-state index contributed by atoms with van der Waals surface area (Å²) in [4.78, 5) is 12.0. The molecule has 5 nitrogen and oxygen atoms in total.